The van der Waals surface area contributed by atoms with Gasteiger partial charge >= 0.3 is 0 Å². The summed E-state index contributed by atoms with van der Waals surface area (Å²) in [5, 5.41) is 20.2. The van der Waals surface area contributed by atoms with Crippen LogP contribution >= 0.6 is 0 Å². The first kappa shape index (κ1) is 24.8. The summed E-state index contributed by atoms with van der Waals surface area (Å²) in [6, 6.07) is 1.89. The van der Waals surface area contributed by atoms with Crippen molar-refractivity contribution >= 4 is 5.69 Å². The van der Waals surface area contributed by atoms with Crippen molar-refractivity contribution in [3.8, 4) is 6.07 Å². The highest BCUT2D eigenvalue weighted by atomic mass is 19.1. The monoisotopic (exact) mass is 458 g/mol. The molecule has 33 heavy (non-hydrogen) atoms. The number of hydrazine groups is 1. The molecule has 1 unspecified atom stereocenters. The van der Waals surface area contributed by atoms with Gasteiger partial charge in [-0.15, -0.1) is 0 Å². The highest BCUT2D eigenvalue weighted by Gasteiger charge is 2.27. The van der Waals surface area contributed by atoms with E-state index in [-0.39, 0.29) is 18.3 Å². The Balaban J connectivity index is 1.84. The Hall–Kier alpha value is -2.83. The van der Waals surface area contributed by atoms with Gasteiger partial charge in [-0.1, -0.05) is 32.3 Å². The Kier molecular flexibility index (Phi) is 9.34. The SMILES string of the molecule is CCC(CF)NN(O)c1cnc(CN(C2=CC(F)=CCC=C2CC#N)C2CCCCC2)nc1. The fraction of sp³-hybridized carbons (Fsp3) is 0.542. The first-order valence-corrected chi connectivity index (χ1v) is 11.6. The minimum atomic E-state index is -0.610. The van der Waals surface area contributed by atoms with Crippen molar-refractivity contribution in [1.82, 2.24) is 20.3 Å². The van der Waals surface area contributed by atoms with E-state index in [1.807, 2.05) is 13.0 Å². The van der Waals surface area contributed by atoms with Crippen LogP contribution in [0, 0.1) is 11.3 Å². The van der Waals surface area contributed by atoms with Crippen LogP contribution in [-0.4, -0.2) is 38.8 Å². The maximum Gasteiger partial charge on any atom is 0.147 e. The fourth-order valence-electron chi connectivity index (χ4n) is 4.19. The summed E-state index contributed by atoms with van der Waals surface area (Å²) >= 11 is 0. The summed E-state index contributed by atoms with van der Waals surface area (Å²) in [5.74, 6) is 0.202. The number of aromatic nitrogens is 2. The van der Waals surface area contributed by atoms with Gasteiger partial charge in [0.2, 0.25) is 0 Å². The number of hydrogen-bond acceptors (Lipinski definition) is 7. The number of alkyl halides is 1. The molecule has 1 saturated carbocycles. The Bertz CT molecular complexity index is 899. The standard InChI is InChI=1S/C24H32F2N6O/c1-2-20(14-25)30-32(33)22-15-28-24(29-16-22)17-31(21-9-4-3-5-10-21)23-13-19(26)8-6-7-18(23)11-12-27/h7-8,13,15-16,20-21,30,33H,2-6,9-11,14,17H2,1H3. The molecule has 0 saturated heterocycles. The predicted molar refractivity (Wildman–Crippen MR) is 122 cm³/mol. The minimum Gasteiger partial charge on any atom is -0.361 e. The molecule has 2 N–H and O–H groups in total. The normalized spacial score (nSPS) is 17.8. The van der Waals surface area contributed by atoms with Crippen LogP contribution in [0.4, 0.5) is 14.5 Å². The van der Waals surface area contributed by atoms with E-state index in [2.05, 4.69) is 26.4 Å². The number of hydrogen-bond donors (Lipinski definition) is 2. The van der Waals surface area contributed by atoms with Gasteiger partial charge in [-0.3, -0.25) is 5.21 Å². The van der Waals surface area contributed by atoms with Gasteiger partial charge in [-0.25, -0.2) is 24.2 Å². The van der Waals surface area contributed by atoms with E-state index in [0.29, 0.717) is 36.6 Å². The second-order valence-corrected chi connectivity index (χ2v) is 8.40. The Labute approximate surface area is 194 Å². The third-order valence-corrected chi connectivity index (χ3v) is 6.11. The van der Waals surface area contributed by atoms with Crippen LogP contribution in [0.5, 0.6) is 0 Å². The molecule has 0 radical (unpaired) electrons. The lowest BCUT2D eigenvalue weighted by atomic mass is 9.92. The topological polar surface area (TPSA) is 88.3 Å². The van der Waals surface area contributed by atoms with Crippen molar-refractivity contribution in [2.24, 2.45) is 0 Å². The second kappa shape index (κ2) is 12.4. The molecule has 3 rings (SSSR count). The van der Waals surface area contributed by atoms with Crippen LogP contribution in [0.15, 0.2) is 47.7 Å². The van der Waals surface area contributed by atoms with E-state index in [1.54, 1.807) is 0 Å². The molecule has 1 fully saturated rings. The highest BCUT2D eigenvalue weighted by Crippen LogP contribution is 2.32. The number of rotatable bonds is 10. The lowest BCUT2D eigenvalue weighted by Crippen LogP contribution is -2.44. The predicted octanol–water partition coefficient (Wildman–Crippen LogP) is 5.04. The van der Waals surface area contributed by atoms with Gasteiger partial charge in [0.15, 0.2) is 0 Å². The first-order chi connectivity index (χ1) is 16.0. The highest BCUT2D eigenvalue weighted by molar-refractivity contribution is 5.40. The lowest BCUT2D eigenvalue weighted by molar-refractivity contribution is 0.179. The summed E-state index contributed by atoms with van der Waals surface area (Å²) in [5.41, 5.74) is 4.47. The molecule has 1 aromatic heterocycles. The second-order valence-electron chi connectivity index (χ2n) is 8.40. The van der Waals surface area contributed by atoms with Gasteiger partial charge in [0.05, 0.1) is 37.5 Å². The van der Waals surface area contributed by atoms with E-state index < -0.39 is 12.7 Å². The summed E-state index contributed by atoms with van der Waals surface area (Å²) in [7, 11) is 0. The molecule has 1 atom stereocenters. The van der Waals surface area contributed by atoms with E-state index >= 15 is 0 Å². The third-order valence-electron chi connectivity index (χ3n) is 6.11. The molecular weight excluding hydrogens is 426 g/mol. The molecule has 9 heteroatoms. The molecule has 1 heterocycles. The Morgan fingerprint density at radius 3 is 2.61 bits per heavy atom. The molecule has 0 aromatic carbocycles. The number of nitriles is 1. The summed E-state index contributed by atoms with van der Waals surface area (Å²) in [6.07, 6.45) is 14.4. The van der Waals surface area contributed by atoms with E-state index in [4.69, 9.17) is 0 Å². The first-order valence-electron chi connectivity index (χ1n) is 11.6. The number of nitrogens with one attached hydrogen (secondary N) is 1. The van der Waals surface area contributed by atoms with Crippen molar-refractivity contribution in [3.63, 3.8) is 0 Å². The van der Waals surface area contributed by atoms with Crippen LogP contribution in [0.25, 0.3) is 0 Å². The zero-order valence-electron chi connectivity index (χ0n) is 19.1. The molecule has 1 aromatic rings. The molecule has 0 aliphatic heterocycles. The van der Waals surface area contributed by atoms with Gasteiger partial charge in [-0.05, 0) is 43.4 Å². The van der Waals surface area contributed by atoms with Crippen LogP contribution in [-0.2, 0) is 6.54 Å². The van der Waals surface area contributed by atoms with Gasteiger partial charge < -0.3 is 4.90 Å². The molecule has 7 nitrogen and oxygen atoms in total. The van der Waals surface area contributed by atoms with E-state index in [1.165, 1.54) is 31.0 Å². The van der Waals surface area contributed by atoms with Crippen molar-refractivity contribution in [1.29, 1.82) is 5.26 Å². The Morgan fingerprint density at radius 1 is 1.24 bits per heavy atom. The Morgan fingerprint density at radius 2 is 1.97 bits per heavy atom. The average Bonchev–Trinajstić information content (AvgIpc) is 3.03. The maximum absolute atomic E-state index is 14.4. The summed E-state index contributed by atoms with van der Waals surface area (Å²) < 4.78 is 27.4. The molecule has 2 aliphatic rings. The quantitative estimate of drug-likeness (QED) is 0.475. The fourth-order valence-corrected chi connectivity index (χ4v) is 4.19. The molecule has 0 bridgehead atoms. The maximum atomic E-state index is 14.4. The van der Waals surface area contributed by atoms with E-state index in [9.17, 15) is 19.2 Å². The third kappa shape index (κ3) is 6.83. The van der Waals surface area contributed by atoms with Gasteiger partial charge in [0.1, 0.15) is 24.0 Å². The molecule has 0 amide bonds. The molecular formula is C24H32F2N6O. The van der Waals surface area contributed by atoms with Crippen LogP contribution in [0.3, 0.4) is 0 Å². The van der Waals surface area contributed by atoms with Crippen molar-refractivity contribution in [2.45, 2.75) is 76.9 Å². The zero-order chi connectivity index (χ0) is 23.6. The number of nitrogens with zero attached hydrogens (tertiary/aromatic N) is 5. The number of allylic oxidation sites excluding steroid dienone is 5. The van der Waals surface area contributed by atoms with Crippen LogP contribution < -0.4 is 10.6 Å². The van der Waals surface area contributed by atoms with Gasteiger partial charge in [0, 0.05) is 11.7 Å². The summed E-state index contributed by atoms with van der Waals surface area (Å²) in [4.78, 5) is 10.9. The molecule has 0 spiro atoms. The van der Waals surface area contributed by atoms with Gasteiger partial charge in [0.25, 0.3) is 0 Å². The summed E-state index contributed by atoms with van der Waals surface area (Å²) in [6.45, 7) is 1.56. The lowest BCUT2D eigenvalue weighted by Gasteiger charge is -2.38. The van der Waals surface area contributed by atoms with E-state index in [0.717, 1.165) is 36.4 Å². The number of halogens is 2. The van der Waals surface area contributed by atoms with Crippen molar-refractivity contribution in [3.05, 3.63) is 53.5 Å². The zero-order valence-corrected chi connectivity index (χ0v) is 19.1. The molecule has 178 valence electrons. The van der Waals surface area contributed by atoms with Crippen molar-refractivity contribution in [2.75, 3.05) is 11.8 Å². The number of anilines is 1. The van der Waals surface area contributed by atoms with Crippen LogP contribution in [0.2, 0.25) is 0 Å². The smallest absolute Gasteiger partial charge is 0.147 e. The average molecular weight is 459 g/mol. The largest absolute Gasteiger partial charge is 0.361 e. The van der Waals surface area contributed by atoms with Crippen LogP contribution in [0.1, 0.15) is 64.1 Å². The molecule has 2 aliphatic carbocycles. The van der Waals surface area contributed by atoms with Crippen molar-refractivity contribution < 1.29 is 14.0 Å². The van der Waals surface area contributed by atoms with Gasteiger partial charge in [-0.2, -0.15) is 10.4 Å². The minimum absolute atomic E-state index is 0.201.